The lowest BCUT2D eigenvalue weighted by Crippen LogP contribution is -2.29. The molecule has 0 aliphatic carbocycles. The number of para-hydroxylation sites is 1. The lowest BCUT2D eigenvalue weighted by Gasteiger charge is -2.14. The first-order valence-corrected chi connectivity index (χ1v) is 9.31. The van der Waals surface area contributed by atoms with Crippen molar-refractivity contribution in [2.75, 3.05) is 13.6 Å². The van der Waals surface area contributed by atoms with Gasteiger partial charge in [0.1, 0.15) is 11.2 Å². The predicted octanol–water partition coefficient (Wildman–Crippen LogP) is 1.54. The summed E-state index contributed by atoms with van der Waals surface area (Å²) in [6, 6.07) is 6.74. The van der Waals surface area contributed by atoms with Gasteiger partial charge in [-0.15, -0.1) is 0 Å². The second-order valence-electron chi connectivity index (χ2n) is 5.75. The van der Waals surface area contributed by atoms with E-state index in [0.29, 0.717) is 17.9 Å². The Balaban J connectivity index is 2.07. The van der Waals surface area contributed by atoms with Gasteiger partial charge >= 0.3 is 0 Å². The fraction of sp³-hybridized carbons (Fsp3) is 0.375. The molecule has 0 unspecified atom stereocenters. The van der Waals surface area contributed by atoms with E-state index in [2.05, 4.69) is 10.3 Å². The molecule has 1 N–H and O–H groups in total. The normalized spacial score (nSPS) is 16.1. The topological polar surface area (TPSA) is 84.3 Å². The molecule has 0 atom stereocenters. The molecular formula is C16H20N4O3S. The van der Waals surface area contributed by atoms with Crippen molar-refractivity contribution in [3.8, 4) is 5.69 Å². The van der Waals surface area contributed by atoms with Crippen LogP contribution < -0.4 is 5.32 Å². The summed E-state index contributed by atoms with van der Waals surface area (Å²) in [7, 11) is -2.10. The molecular weight excluding hydrogens is 328 g/mol. The van der Waals surface area contributed by atoms with Gasteiger partial charge in [-0.05, 0) is 18.6 Å². The Bertz CT molecular complexity index is 873. The maximum absolute atomic E-state index is 12.7. The van der Waals surface area contributed by atoms with E-state index in [1.807, 2.05) is 6.92 Å². The molecule has 1 aromatic heterocycles. The van der Waals surface area contributed by atoms with Crippen molar-refractivity contribution in [2.45, 2.75) is 31.2 Å². The number of sulfonamides is 1. The summed E-state index contributed by atoms with van der Waals surface area (Å²) >= 11 is 0. The van der Waals surface area contributed by atoms with Gasteiger partial charge in [0.2, 0.25) is 10.0 Å². The first kappa shape index (κ1) is 16.7. The highest BCUT2D eigenvalue weighted by atomic mass is 32.2. The number of carbonyl (C=O) groups is 1. The fourth-order valence-corrected chi connectivity index (χ4v) is 4.03. The predicted molar refractivity (Wildman–Crippen MR) is 89.5 cm³/mol. The van der Waals surface area contributed by atoms with E-state index in [4.69, 9.17) is 0 Å². The van der Waals surface area contributed by atoms with Gasteiger partial charge in [-0.2, -0.15) is 4.31 Å². The van der Waals surface area contributed by atoms with Crippen molar-refractivity contribution >= 4 is 15.9 Å². The third kappa shape index (κ3) is 2.71. The molecule has 2 aromatic rings. The first-order valence-electron chi connectivity index (χ1n) is 7.87. The largest absolute Gasteiger partial charge is 0.351 e. The summed E-state index contributed by atoms with van der Waals surface area (Å²) in [5.74, 6) is -0.276. The lowest BCUT2D eigenvalue weighted by atomic mass is 10.2. The molecule has 128 valence electrons. The summed E-state index contributed by atoms with van der Waals surface area (Å²) in [6.45, 7) is 2.71. The summed E-state index contributed by atoms with van der Waals surface area (Å²) < 4.78 is 28.3. The molecule has 1 aliphatic rings. The van der Waals surface area contributed by atoms with Crippen molar-refractivity contribution in [3.63, 3.8) is 0 Å². The SMILES string of the molecule is CCCCNC(=O)c1ncn2c1CN(C)S(=O)(=O)c1ccccc1-2. The van der Waals surface area contributed by atoms with Gasteiger partial charge in [-0.1, -0.05) is 25.5 Å². The Hall–Kier alpha value is -2.19. The van der Waals surface area contributed by atoms with Crippen LogP contribution in [0.15, 0.2) is 35.5 Å². The average Bonchev–Trinajstić information content (AvgIpc) is 2.95. The van der Waals surface area contributed by atoms with Crippen LogP contribution in [0.25, 0.3) is 5.69 Å². The molecule has 1 amide bonds. The smallest absolute Gasteiger partial charge is 0.271 e. The Morgan fingerprint density at radius 2 is 2.08 bits per heavy atom. The molecule has 0 spiro atoms. The van der Waals surface area contributed by atoms with E-state index in [1.54, 1.807) is 28.8 Å². The van der Waals surface area contributed by atoms with Gasteiger partial charge in [-0.25, -0.2) is 13.4 Å². The first-order chi connectivity index (χ1) is 11.5. The second-order valence-corrected chi connectivity index (χ2v) is 7.76. The van der Waals surface area contributed by atoms with Crippen LogP contribution >= 0.6 is 0 Å². The van der Waals surface area contributed by atoms with Crippen molar-refractivity contribution in [2.24, 2.45) is 0 Å². The van der Waals surface area contributed by atoms with Crippen molar-refractivity contribution in [3.05, 3.63) is 42.0 Å². The minimum Gasteiger partial charge on any atom is -0.351 e. The second kappa shape index (κ2) is 6.37. The van der Waals surface area contributed by atoms with E-state index in [-0.39, 0.29) is 23.0 Å². The molecule has 7 nitrogen and oxygen atoms in total. The summed E-state index contributed by atoms with van der Waals surface area (Å²) in [4.78, 5) is 16.8. The van der Waals surface area contributed by atoms with Gasteiger partial charge in [0, 0.05) is 13.6 Å². The van der Waals surface area contributed by atoms with Crippen LogP contribution in [0, 0.1) is 0 Å². The number of nitrogens with zero attached hydrogens (tertiary/aromatic N) is 3. The highest BCUT2D eigenvalue weighted by Gasteiger charge is 2.32. The van der Waals surface area contributed by atoms with Crippen LogP contribution in [0.2, 0.25) is 0 Å². The number of benzene rings is 1. The molecule has 0 saturated carbocycles. The van der Waals surface area contributed by atoms with Crippen molar-refractivity contribution in [1.29, 1.82) is 0 Å². The summed E-state index contributed by atoms with van der Waals surface area (Å²) in [6.07, 6.45) is 3.38. The van der Waals surface area contributed by atoms with Gasteiger partial charge < -0.3 is 5.32 Å². The van der Waals surface area contributed by atoms with Crippen LogP contribution in [0.4, 0.5) is 0 Å². The number of hydrogen-bond donors (Lipinski definition) is 1. The zero-order valence-electron chi connectivity index (χ0n) is 13.7. The van der Waals surface area contributed by atoms with E-state index >= 15 is 0 Å². The number of imidazole rings is 1. The number of fused-ring (bicyclic) bond motifs is 3. The number of hydrogen-bond acceptors (Lipinski definition) is 4. The number of amides is 1. The molecule has 24 heavy (non-hydrogen) atoms. The van der Waals surface area contributed by atoms with Gasteiger partial charge in [0.15, 0.2) is 5.69 Å². The molecule has 1 aliphatic heterocycles. The minimum atomic E-state index is -3.61. The number of aromatic nitrogens is 2. The quantitative estimate of drug-likeness (QED) is 0.850. The van der Waals surface area contributed by atoms with Crippen LogP contribution in [-0.2, 0) is 16.6 Å². The molecule has 3 rings (SSSR count). The van der Waals surface area contributed by atoms with E-state index in [9.17, 15) is 13.2 Å². The van der Waals surface area contributed by atoms with Crippen LogP contribution in [0.5, 0.6) is 0 Å². The van der Waals surface area contributed by atoms with Gasteiger partial charge in [0.05, 0.1) is 17.9 Å². The average molecular weight is 348 g/mol. The fourth-order valence-electron chi connectivity index (χ4n) is 2.72. The Morgan fingerprint density at radius 3 is 2.83 bits per heavy atom. The van der Waals surface area contributed by atoms with Crippen molar-refractivity contribution < 1.29 is 13.2 Å². The Morgan fingerprint density at radius 1 is 1.33 bits per heavy atom. The molecule has 0 fully saturated rings. The Labute approximate surface area is 141 Å². The van der Waals surface area contributed by atoms with Crippen LogP contribution in [0.1, 0.15) is 35.9 Å². The molecule has 0 saturated heterocycles. The maximum Gasteiger partial charge on any atom is 0.271 e. The maximum atomic E-state index is 12.7. The highest BCUT2D eigenvalue weighted by molar-refractivity contribution is 7.89. The van der Waals surface area contributed by atoms with E-state index < -0.39 is 10.0 Å². The molecule has 1 aromatic carbocycles. The number of nitrogens with one attached hydrogen (secondary N) is 1. The minimum absolute atomic E-state index is 0.0908. The number of rotatable bonds is 4. The van der Waals surface area contributed by atoms with E-state index in [0.717, 1.165) is 12.8 Å². The Kier molecular flexibility index (Phi) is 4.42. The third-order valence-corrected chi connectivity index (χ3v) is 5.93. The molecule has 0 bridgehead atoms. The molecule has 2 heterocycles. The standard InChI is InChI=1S/C16H20N4O3S/c1-3-4-9-17-16(21)15-13-10-19(2)24(22,23)14-8-6-5-7-12(14)20(13)11-18-15/h5-8,11H,3-4,9-10H2,1-2H3,(H,17,21). The van der Waals surface area contributed by atoms with Crippen LogP contribution in [0.3, 0.4) is 0 Å². The zero-order valence-corrected chi connectivity index (χ0v) is 14.5. The lowest BCUT2D eigenvalue weighted by molar-refractivity contribution is 0.0947. The monoisotopic (exact) mass is 348 g/mol. The molecule has 0 radical (unpaired) electrons. The van der Waals surface area contributed by atoms with Crippen molar-refractivity contribution in [1.82, 2.24) is 19.2 Å². The summed E-state index contributed by atoms with van der Waals surface area (Å²) in [5.41, 5.74) is 1.35. The number of carbonyl (C=O) groups excluding carboxylic acids is 1. The number of unbranched alkanes of at least 4 members (excludes halogenated alkanes) is 1. The highest BCUT2D eigenvalue weighted by Crippen LogP contribution is 2.30. The van der Waals surface area contributed by atoms with Gasteiger partial charge in [0.25, 0.3) is 5.91 Å². The zero-order chi connectivity index (χ0) is 17.3. The third-order valence-electron chi connectivity index (χ3n) is 4.08. The van der Waals surface area contributed by atoms with E-state index in [1.165, 1.54) is 17.7 Å². The summed E-state index contributed by atoms with van der Waals surface area (Å²) in [5, 5.41) is 2.83. The van der Waals surface area contributed by atoms with Gasteiger partial charge in [-0.3, -0.25) is 9.36 Å². The molecule has 8 heteroatoms. The van der Waals surface area contributed by atoms with Crippen LogP contribution in [-0.4, -0.2) is 41.8 Å².